The minimum atomic E-state index is -0.444. The van der Waals surface area contributed by atoms with E-state index in [4.69, 9.17) is 4.74 Å². The molecule has 0 spiro atoms. The fourth-order valence-corrected chi connectivity index (χ4v) is 3.20. The number of anilines is 1. The first kappa shape index (κ1) is 17.6. The van der Waals surface area contributed by atoms with Crippen LogP contribution < -0.4 is 4.90 Å². The Morgan fingerprint density at radius 2 is 2.12 bits per heavy atom. The van der Waals surface area contributed by atoms with Crippen LogP contribution in [0.1, 0.15) is 19.4 Å². The highest BCUT2D eigenvalue weighted by molar-refractivity contribution is 5.97. The van der Waals surface area contributed by atoms with Crippen molar-refractivity contribution in [2.45, 2.75) is 32.5 Å². The quantitative estimate of drug-likeness (QED) is 0.835. The van der Waals surface area contributed by atoms with Gasteiger partial charge in [0.2, 0.25) is 0 Å². The lowest BCUT2D eigenvalue weighted by Gasteiger charge is -2.36. The lowest BCUT2D eigenvalue weighted by Crippen LogP contribution is -2.52. The molecule has 0 N–H and O–H groups in total. The minimum absolute atomic E-state index is 0.000705. The molecule has 0 aliphatic carbocycles. The summed E-state index contributed by atoms with van der Waals surface area (Å²) in [7, 11) is 1.85. The van der Waals surface area contributed by atoms with E-state index in [1.807, 2.05) is 45.3 Å². The SMILES string of the molecule is CC(C)N(C(=O)[C@H]1CN(Cc2ccccc2)CCO1)c1cnn(C)c1. The van der Waals surface area contributed by atoms with E-state index < -0.39 is 6.10 Å². The molecule has 3 rings (SSSR count). The van der Waals surface area contributed by atoms with Crippen molar-refractivity contribution >= 4 is 11.6 Å². The highest BCUT2D eigenvalue weighted by Gasteiger charge is 2.32. The molecule has 25 heavy (non-hydrogen) atoms. The van der Waals surface area contributed by atoms with Crippen molar-refractivity contribution in [1.82, 2.24) is 14.7 Å². The number of carbonyl (C=O) groups is 1. The number of ether oxygens (including phenoxy) is 1. The first-order chi connectivity index (χ1) is 12.0. The Morgan fingerprint density at radius 3 is 2.76 bits per heavy atom. The molecule has 6 nitrogen and oxygen atoms in total. The molecule has 1 saturated heterocycles. The number of benzene rings is 1. The smallest absolute Gasteiger partial charge is 0.257 e. The fraction of sp³-hybridized carbons (Fsp3) is 0.474. The number of hydrogen-bond acceptors (Lipinski definition) is 4. The molecule has 1 aromatic heterocycles. The number of rotatable bonds is 5. The molecule has 0 unspecified atom stereocenters. The van der Waals surface area contributed by atoms with Crippen LogP contribution in [0.15, 0.2) is 42.7 Å². The molecule has 1 aliphatic rings. The van der Waals surface area contributed by atoms with Crippen LogP contribution in [0.3, 0.4) is 0 Å². The Bertz CT molecular complexity index is 698. The van der Waals surface area contributed by atoms with Crippen LogP contribution in [0.2, 0.25) is 0 Å². The maximum atomic E-state index is 13.1. The minimum Gasteiger partial charge on any atom is -0.366 e. The molecule has 0 bridgehead atoms. The summed E-state index contributed by atoms with van der Waals surface area (Å²) in [6, 6.07) is 10.4. The average Bonchev–Trinajstić information content (AvgIpc) is 3.01. The molecule has 1 aromatic carbocycles. The molecule has 2 heterocycles. The van der Waals surface area contributed by atoms with Crippen molar-refractivity contribution < 1.29 is 9.53 Å². The van der Waals surface area contributed by atoms with Gasteiger partial charge in [0.05, 0.1) is 18.5 Å². The topological polar surface area (TPSA) is 50.6 Å². The number of aromatic nitrogens is 2. The van der Waals surface area contributed by atoms with Crippen LogP contribution in [0.5, 0.6) is 0 Å². The van der Waals surface area contributed by atoms with Gasteiger partial charge in [-0.2, -0.15) is 5.10 Å². The summed E-state index contributed by atoms with van der Waals surface area (Å²) in [6.07, 6.45) is 3.14. The number of amides is 1. The number of hydrogen-bond donors (Lipinski definition) is 0. The molecule has 0 saturated carbocycles. The predicted molar refractivity (Wildman–Crippen MR) is 97.3 cm³/mol. The molecule has 0 radical (unpaired) electrons. The van der Waals surface area contributed by atoms with E-state index in [1.54, 1.807) is 15.8 Å². The van der Waals surface area contributed by atoms with E-state index in [0.29, 0.717) is 13.2 Å². The summed E-state index contributed by atoms with van der Waals surface area (Å²) < 4.78 is 7.52. The maximum Gasteiger partial charge on any atom is 0.257 e. The zero-order valence-electron chi connectivity index (χ0n) is 15.1. The van der Waals surface area contributed by atoms with Crippen LogP contribution in [-0.4, -0.2) is 52.4 Å². The average molecular weight is 342 g/mol. The van der Waals surface area contributed by atoms with Crippen LogP contribution in [0, 0.1) is 0 Å². The summed E-state index contributed by atoms with van der Waals surface area (Å²) in [4.78, 5) is 17.1. The van der Waals surface area contributed by atoms with Crippen molar-refractivity contribution in [3.63, 3.8) is 0 Å². The number of carbonyl (C=O) groups excluding carboxylic acids is 1. The number of nitrogens with zero attached hydrogens (tertiary/aromatic N) is 4. The van der Waals surface area contributed by atoms with Crippen LogP contribution >= 0.6 is 0 Å². The van der Waals surface area contributed by atoms with Gasteiger partial charge in [0.1, 0.15) is 6.10 Å². The number of aryl methyl sites for hydroxylation is 1. The summed E-state index contributed by atoms with van der Waals surface area (Å²) >= 11 is 0. The zero-order valence-corrected chi connectivity index (χ0v) is 15.1. The predicted octanol–water partition coefficient (Wildman–Crippen LogP) is 2.06. The standard InChI is InChI=1S/C19H26N4O2/c1-15(2)23(17-11-20-21(3)13-17)19(24)18-14-22(9-10-25-18)12-16-7-5-4-6-8-16/h4-8,11,13,15,18H,9-10,12,14H2,1-3H3/t18-/m1/s1. The Morgan fingerprint density at radius 1 is 1.36 bits per heavy atom. The van der Waals surface area contributed by atoms with E-state index in [0.717, 1.165) is 18.8 Å². The van der Waals surface area contributed by atoms with E-state index in [1.165, 1.54) is 5.56 Å². The molecular formula is C19H26N4O2. The first-order valence-corrected chi connectivity index (χ1v) is 8.74. The molecule has 134 valence electrons. The van der Waals surface area contributed by atoms with E-state index >= 15 is 0 Å². The van der Waals surface area contributed by atoms with Crippen LogP contribution in [0.25, 0.3) is 0 Å². The van der Waals surface area contributed by atoms with Crippen molar-refractivity contribution in [3.8, 4) is 0 Å². The second-order valence-electron chi connectivity index (χ2n) is 6.75. The third kappa shape index (κ3) is 4.27. The highest BCUT2D eigenvalue weighted by Crippen LogP contribution is 2.20. The van der Waals surface area contributed by atoms with Crippen molar-refractivity contribution in [3.05, 3.63) is 48.3 Å². The van der Waals surface area contributed by atoms with Gasteiger partial charge in [-0.25, -0.2) is 0 Å². The van der Waals surface area contributed by atoms with Gasteiger partial charge in [-0.1, -0.05) is 30.3 Å². The van der Waals surface area contributed by atoms with E-state index in [9.17, 15) is 4.79 Å². The van der Waals surface area contributed by atoms with Gasteiger partial charge in [-0.15, -0.1) is 0 Å². The second-order valence-corrected chi connectivity index (χ2v) is 6.75. The summed E-state index contributed by atoms with van der Waals surface area (Å²) in [5.41, 5.74) is 2.06. The molecule has 1 aliphatic heterocycles. The Balaban J connectivity index is 1.70. The monoisotopic (exact) mass is 342 g/mol. The summed E-state index contributed by atoms with van der Waals surface area (Å²) in [5.74, 6) is 0.000705. The zero-order chi connectivity index (χ0) is 17.8. The molecule has 1 atom stereocenters. The van der Waals surface area contributed by atoms with E-state index in [-0.39, 0.29) is 11.9 Å². The third-order valence-corrected chi connectivity index (χ3v) is 4.40. The van der Waals surface area contributed by atoms with E-state index in [2.05, 4.69) is 22.1 Å². The van der Waals surface area contributed by atoms with Crippen molar-refractivity contribution in [2.24, 2.45) is 7.05 Å². The maximum absolute atomic E-state index is 13.1. The van der Waals surface area contributed by atoms with Gasteiger partial charge in [-0.3, -0.25) is 14.4 Å². The Kier molecular flexibility index (Phi) is 5.50. The summed E-state index contributed by atoms with van der Waals surface area (Å²) in [5, 5.41) is 4.19. The Hall–Kier alpha value is -2.18. The van der Waals surface area contributed by atoms with Gasteiger partial charge in [-0.05, 0) is 19.4 Å². The lowest BCUT2D eigenvalue weighted by atomic mass is 10.1. The van der Waals surface area contributed by atoms with Crippen molar-refractivity contribution in [1.29, 1.82) is 0 Å². The normalized spacial score (nSPS) is 18.5. The second kappa shape index (κ2) is 7.80. The van der Waals surface area contributed by atoms with Crippen molar-refractivity contribution in [2.75, 3.05) is 24.6 Å². The van der Waals surface area contributed by atoms with Gasteiger partial charge < -0.3 is 9.64 Å². The van der Waals surface area contributed by atoms with Gasteiger partial charge in [0.25, 0.3) is 5.91 Å². The third-order valence-electron chi connectivity index (χ3n) is 4.40. The summed E-state index contributed by atoms with van der Waals surface area (Å²) in [6.45, 7) is 6.88. The lowest BCUT2D eigenvalue weighted by molar-refractivity contribution is -0.136. The number of morpholine rings is 1. The van der Waals surface area contributed by atoms with Gasteiger partial charge in [0, 0.05) is 38.9 Å². The molecule has 6 heteroatoms. The van der Waals surface area contributed by atoms with Crippen LogP contribution in [-0.2, 0) is 23.1 Å². The largest absolute Gasteiger partial charge is 0.366 e. The van der Waals surface area contributed by atoms with Crippen LogP contribution in [0.4, 0.5) is 5.69 Å². The van der Waals surface area contributed by atoms with Gasteiger partial charge >= 0.3 is 0 Å². The Labute approximate surface area is 149 Å². The van der Waals surface area contributed by atoms with Gasteiger partial charge in [0.15, 0.2) is 0 Å². The molecule has 1 amide bonds. The molecular weight excluding hydrogens is 316 g/mol. The molecule has 2 aromatic rings. The molecule has 1 fully saturated rings. The highest BCUT2D eigenvalue weighted by atomic mass is 16.5. The first-order valence-electron chi connectivity index (χ1n) is 8.74. The fourth-order valence-electron chi connectivity index (χ4n) is 3.20.